The van der Waals surface area contributed by atoms with Crippen molar-refractivity contribution in [1.82, 2.24) is 10.2 Å². The molecule has 0 saturated carbocycles. The molecular formula is C5H8F2N2O. The molecule has 1 N–H and O–H groups in total. The molecule has 1 aliphatic heterocycles. The molecular weight excluding hydrogens is 142 g/mol. The zero-order chi connectivity index (χ0) is 7.72. The predicted molar refractivity (Wildman–Crippen MR) is 31.0 cm³/mol. The van der Waals surface area contributed by atoms with Gasteiger partial charge in [-0.3, -0.25) is 0 Å². The van der Waals surface area contributed by atoms with Gasteiger partial charge in [0.1, 0.15) is 6.04 Å². The molecule has 0 aromatic rings. The highest BCUT2D eigenvalue weighted by Crippen LogP contribution is 2.11. The Morgan fingerprint density at radius 3 is 2.60 bits per heavy atom. The van der Waals surface area contributed by atoms with Crippen LogP contribution in [0.25, 0.3) is 0 Å². The lowest BCUT2D eigenvalue weighted by atomic mass is 10.3. The molecule has 1 heterocycles. The molecule has 1 aliphatic rings. The normalized spacial score (nSPS) is 25.8. The molecule has 3 nitrogen and oxygen atoms in total. The van der Waals surface area contributed by atoms with Crippen molar-refractivity contribution in [2.45, 2.75) is 12.5 Å². The van der Waals surface area contributed by atoms with Gasteiger partial charge in [-0.2, -0.15) is 0 Å². The number of rotatable bonds is 1. The lowest BCUT2D eigenvalue weighted by Gasteiger charge is -2.15. The van der Waals surface area contributed by atoms with Crippen molar-refractivity contribution < 1.29 is 13.6 Å². The third-order valence-corrected chi connectivity index (χ3v) is 1.57. The molecule has 1 fully saturated rings. The maximum atomic E-state index is 11.9. The maximum absolute atomic E-state index is 11.9. The summed E-state index contributed by atoms with van der Waals surface area (Å²) in [5.74, 6) is 0. The van der Waals surface area contributed by atoms with Crippen LogP contribution in [-0.2, 0) is 0 Å². The lowest BCUT2D eigenvalue weighted by Crippen LogP contribution is -2.35. The smallest absolute Gasteiger partial charge is 0.317 e. The first-order valence-corrected chi connectivity index (χ1v) is 2.91. The largest absolute Gasteiger partial charge is 0.336 e. The molecule has 10 heavy (non-hydrogen) atoms. The SMILES string of the molecule is CN1C(=O)NCC1C(F)F. The van der Waals surface area contributed by atoms with Gasteiger partial charge in [-0.15, -0.1) is 0 Å². The molecule has 0 aliphatic carbocycles. The average molecular weight is 150 g/mol. The number of hydrogen-bond donors (Lipinski definition) is 1. The first-order valence-electron chi connectivity index (χ1n) is 2.91. The summed E-state index contributed by atoms with van der Waals surface area (Å²) in [5, 5.41) is 2.31. The second-order valence-electron chi connectivity index (χ2n) is 2.20. The summed E-state index contributed by atoms with van der Waals surface area (Å²) in [5.41, 5.74) is 0. The van der Waals surface area contributed by atoms with Gasteiger partial charge in [-0.25, -0.2) is 13.6 Å². The van der Waals surface area contributed by atoms with E-state index in [-0.39, 0.29) is 6.54 Å². The Balaban J connectivity index is 2.57. The summed E-state index contributed by atoms with van der Waals surface area (Å²) in [6.07, 6.45) is -2.45. The number of carbonyl (C=O) groups excluding carboxylic acids is 1. The first-order chi connectivity index (χ1) is 4.63. The minimum Gasteiger partial charge on any atom is -0.336 e. The molecule has 1 rings (SSSR count). The fourth-order valence-electron chi connectivity index (χ4n) is 0.862. The van der Waals surface area contributed by atoms with E-state index in [9.17, 15) is 13.6 Å². The van der Waals surface area contributed by atoms with Crippen molar-refractivity contribution >= 4 is 6.03 Å². The van der Waals surface area contributed by atoms with Crippen LogP contribution < -0.4 is 5.32 Å². The second kappa shape index (κ2) is 2.40. The zero-order valence-electron chi connectivity index (χ0n) is 5.47. The van der Waals surface area contributed by atoms with Gasteiger partial charge in [0.2, 0.25) is 0 Å². The van der Waals surface area contributed by atoms with E-state index in [1.165, 1.54) is 7.05 Å². The van der Waals surface area contributed by atoms with Crippen molar-refractivity contribution in [3.63, 3.8) is 0 Å². The fourth-order valence-corrected chi connectivity index (χ4v) is 0.862. The van der Waals surface area contributed by atoms with E-state index >= 15 is 0 Å². The van der Waals surface area contributed by atoms with Crippen LogP contribution in [0, 0.1) is 0 Å². The van der Waals surface area contributed by atoms with Crippen LogP contribution in [-0.4, -0.2) is 37.0 Å². The quantitative estimate of drug-likeness (QED) is 0.572. The topological polar surface area (TPSA) is 32.3 Å². The van der Waals surface area contributed by atoms with Gasteiger partial charge in [0.05, 0.1) is 0 Å². The number of likely N-dealkylation sites (N-methyl/N-ethyl adjacent to an activating group) is 1. The van der Waals surface area contributed by atoms with Gasteiger partial charge in [0, 0.05) is 13.6 Å². The van der Waals surface area contributed by atoms with Gasteiger partial charge in [0.25, 0.3) is 6.43 Å². The van der Waals surface area contributed by atoms with Crippen molar-refractivity contribution in [3.05, 3.63) is 0 Å². The highest BCUT2D eigenvalue weighted by Gasteiger charge is 2.33. The summed E-state index contributed by atoms with van der Waals surface area (Å²) in [6.45, 7) is 0.0486. The minimum atomic E-state index is -2.45. The third-order valence-electron chi connectivity index (χ3n) is 1.57. The molecule has 1 atom stereocenters. The zero-order valence-corrected chi connectivity index (χ0v) is 5.47. The summed E-state index contributed by atoms with van der Waals surface area (Å²) in [6, 6.07) is -1.38. The Kier molecular flexibility index (Phi) is 1.74. The van der Waals surface area contributed by atoms with E-state index in [4.69, 9.17) is 0 Å². The number of carbonyl (C=O) groups is 1. The van der Waals surface area contributed by atoms with Crippen molar-refractivity contribution in [1.29, 1.82) is 0 Å². The van der Waals surface area contributed by atoms with Gasteiger partial charge >= 0.3 is 6.03 Å². The number of halogens is 2. The maximum Gasteiger partial charge on any atom is 0.317 e. The number of alkyl halides is 2. The van der Waals surface area contributed by atoms with Crippen LogP contribution >= 0.6 is 0 Å². The molecule has 0 radical (unpaired) electrons. The Labute approximate surface area is 57.0 Å². The number of amides is 2. The molecule has 5 heteroatoms. The van der Waals surface area contributed by atoms with Crippen LogP contribution in [0.4, 0.5) is 13.6 Å². The summed E-state index contributed by atoms with van der Waals surface area (Å²) < 4.78 is 23.9. The first kappa shape index (κ1) is 7.24. The summed E-state index contributed by atoms with van der Waals surface area (Å²) in [4.78, 5) is 11.6. The van der Waals surface area contributed by atoms with Crippen LogP contribution in [0.5, 0.6) is 0 Å². The molecule has 1 unspecified atom stereocenters. The molecule has 0 aromatic heterocycles. The van der Waals surface area contributed by atoms with Gasteiger partial charge < -0.3 is 10.2 Å². The molecule has 0 bridgehead atoms. The van der Waals surface area contributed by atoms with Crippen molar-refractivity contribution in [2.24, 2.45) is 0 Å². The monoisotopic (exact) mass is 150 g/mol. The van der Waals surface area contributed by atoms with Crippen molar-refractivity contribution in [2.75, 3.05) is 13.6 Å². The highest BCUT2D eigenvalue weighted by atomic mass is 19.3. The number of hydrogen-bond acceptors (Lipinski definition) is 1. The molecule has 58 valence electrons. The van der Waals surface area contributed by atoms with Crippen LogP contribution in [0.3, 0.4) is 0 Å². The average Bonchev–Trinajstić information content (AvgIpc) is 2.14. The standard InChI is InChI=1S/C5H8F2N2O/c1-9-3(4(6)7)2-8-5(9)10/h3-4H,2H2,1H3,(H,8,10). The predicted octanol–water partition coefficient (Wildman–Crippen LogP) is 0.275. The van der Waals surface area contributed by atoms with E-state index in [2.05, 4.69) is 5.32 Å². The Morgan fingerprint density at radius 2 is 2.40 bits per heavy atom. The van der Waals surface area contributed by atoms with Crippen LogP contribution in [0.15, 0.2) is 0 Å². The van der Waals surface area contributed by atoms with E-state index in [0.717, 1.165) is 4.90 Å². The third kappa shape index (κ3) is 1.03. The van der Waals surface area contributed by atoms with Gasteiger partial charge in [0.15, 0.2) is 0 Å². The Hall–Kier alpha value is -0.870. The summed E-state index contributed by atoms with van der Waals surface area (Å²) in [7, 11) is 1.36. The van der Waals surface area contributed by atoms with E-state index in [1.54, 1.807) is 0 Å². The molecule has 1 saturated heterocycles. The van der Waals surface area contributed by atoms with Gasteiger partial charge in [-0.1, -0.05) is 0 Å². The second-order valence-corrected chi connectivity index (χ2v) is 2.20. The minimum absolute atomic E-state index is 0.0486. The molecule has 0 spiro atoms. The lowest BCUT2D eigenvalue weighted by molar-refractivity contribution is 0.0721. The van der Waals surface area contributed by atoms with Crippen LogP contribution in [0.2, 0.25) is 0 Å². The van der Waals surface area contributed by atoms with E-state index < -0.39 is 18.5 Å². The number of nitrogens with zero attached hydrogens (tertiary/aromatic N) is 1. The Bertz CT molecular complexity index is 151. The Morgan fingerprint density at radius 1 is 1.80 bits per heavy atom. The van der Waals surface area contributed by atoms with Gasteiger partial charge in [-0.05, 0) is 0 Å². The van der Waals surface area contributed by atoms with Crippen LogP contribution in [0.1, 0.15) is 0 Å². The molecule has 0 aromatic carbocycles. The van der Waals surface area contributed by atoms with Crippen molar-refractivity contribution in [3.8, 4) is 0 Å². The van der Waals surface area contributed by atoms with E-state index in [1.807, 2.05) is 0 Å². The summed E-state index contributed by atoms with van der Waals surface area (Å²) >= 11 is 0. The number of urea groups is 1. The molecule has 2 amide bonds. The van der Waals surface area contributed by atoms with E-state index in [0.29, 0.717) is 0 Å². The number of nitrogens with one attached hydrogen (secondary N) is 1. The highest BCUT2D eigenvalue weighted by molar-refractivity contribution is 5.76. The fraction of sp³-hybridized carbons (Fsp3) is 0.800.